The minimum atomic E-state index is -1.24. The summed E-state index contributed by atoms with van der Waals surface area (Å²) < 4.78 is 7.00. The van der Waals surface area contributed by atoms with Crippen LogP contribution in [-0.2, 0) is 3.79 Å². The summed E-state index contributed by atoms with van der Waals surface area (Å²) in [5.41, 5.74) is 2.44. The molecule has 0 aliphatic rings. The normalized spacial score (nSPS) is 12.0. The van der Waals surface area contributed by atoms with E-state index in [0.29, 0.717) is 0 Å². The van der Waals surface area contributed by atoms with Gasteiger partial charge < -0.3 is 8.69 Å². The maximum Gasteiger partial charge on any atom is 0.462 e. The fourth-order valence-electron chi connectivity index (χ4n) is 4.10. The van der Waals surface area contributed by atoms with Crippen molar-refractivity contribution in [2.75, 3.05) is 4.90 Å². The lowest BCUT2D eigenvalue weighted by Crippen LogP contribution is -2.38. The third-order valence-corrected chi connectivity index (χ3v) is 8.62. The lowest BCUT2D eigenvalue weighted by Gasteiger charge is -2.36. The Balaban J connectivity index is 2.14. The van der Waals surface area contributed by atoms with Crippen molar-refractivity contribution in [3.05, 3.63) is 60.7 Å². The molecule has 1 unspecified atom stereocenters. The molecule has 0 aromatic heterocycles. The average Bonchev–Trinajstić information content (AvgIpc) is 2.80. The molecule has 0 spiro atoms. The van der Waals surface area contributed by atoms with Crippen LogP contribution in [-0.4, -0.2) is 20.7 Å². The van der Waals surface area contributed by atoms with Gasteiger partial charge in [-0.1, -0.05) is 119 Å². The van der Waals surface area contributed by atoms with Gasteiger partial charge in [0, 0.05) is 11.4 Å². The molecule has 0 amide bonds. The lowest BCUT2D eigenvalue weighted by molar-refractivity contribution is 0.200. The number of unbranched alkanes of at least 4 members (excludes halogenated alkanes) is 6. The van der Waals surface area contributed by atoms with Crippen LogP contribution >= 0.6 is 0 Å². The van der Waals surface area contributed by atoms with Gasteiger partial charge in [-0.05, 0) is 30.7 Å². The van der Waals surface area contributed by atoms with Gasteiger partial charge in [-0.25, -0.2) is 0 Å². The maximum atomic E-state index is 7.00. The minimum absolute atomic E-state index is 0.115. The summed E-state index contributed by atoms with van der Waals surface area (Å²) in [6.07, 6.45) is 11.8. The van der Waals surface area contributed by atoms with Crippen LogP contribution in [0.5, 0.6) is 0 Å². The zero-order chi connectivity index (χ0) is 21.4. The molecular weight excluding hydrogens is 381 g/mol. The van der Waals surface area contributed by atoms with Crippen molar-refractivity contribution in [3.63, 3.8) is 0 Å². The predicted octanol–water partition coefficient (Wildman–Crippen LogP) is 8.73. The topological polar surface area (TPSA) is 12.5 Å². The Kier molecular flexibility index (Phi) is 12.9. The van der Waals surface area contributed by atoms with E-state index in [-0.39, 0.29) is 6.23 Å². The Morgan fingerprint density at radius 3 is 1.53 bits per heavy atom. The molecule has 0 N–H and O–H groups in total. The summed E-state index contributed by atoms with van der Waals surface area (Å²) in [4.78, 5) is 2.41. The van der Waals surface area contributed by atoms with Crippen LogP contribution in [0.1, 0.15) is 78.6 Å². The standard InChI is InChI=1S/C15H16NO.2C6H13.Al/c1-2-15(17)16(13-9-5-3-6-10-13)14-11-7-4-8-12-14;2*1-3-5-6-4-2;/h3-12,15H,2H2,1H3;2*1,3-6H2,2H3;/q-1;;;+1. The molecule has 0 bridgehead atoms. The van der Waals surface area contributed by atoms with Crippen molar-refractivity contribution >= 4 is 25.9 Å². The van der Waals surface area contributed by atoms with Crippen molar-refractivity contribution in [2.45, 2.75) is 95.4 Å². The van der Waals surface area contributed by atoms with Crippen LogP contribution in [0.4, 0.5) is 11.4 Å². The Bertz CT molecular complexity index is 597. The highest BCUT2D eigenvalue weighted by Crippen LogP contribution is 2.30. The molecule has 2 rings (SSSR count). The van der Waals surface area contributed by atoms with Gasteiger partial charge in [-0.3, -0.25) is 0 Å². The Labute approximate surface area is 190 Å². The fourth-order valence-corrected chi connectivity index (χ4v) is 6.91. The summed E-state index contributed by atoms with van der Waals surface area (Å²) in [6.45, 7) is 6.85. The van der Waals surface area contributed by atoms with E-state index in [9.17, 15) is 0 Å². The number of rotatable bonds is 16. The predicted molar refractivity (Wildman–Crippen MR) is 134 cm³/mol. The molecule has 1 atom stereocenters. The first-order chi connectivity index (χ1) is 14.8. The molecule has 2 nitrogen and oxygen atoms in total. The molecule has 2 aromatic rings. The van der Waals surface area contributed by atoms with E-state index in [4.69, 9.17) is 3.79 Å². The zero-order valence-corrected chi connectivity index (χ0v) is 20.7. The van der Waals surface area contributed by atoms with Gasteiger partial charge in [0.15, 0.2) is 0 Å². The number of para-hydroxylation sites is 2. The number of nitrogens with zero attached hydrogens (tertiary/aromatic N) is 1. The second kappa shape index (κ2) is 15.5. The Morgan fingerprint density at radius 1 is 0.667 bits per heavy atom. The van der Waals surface area contributed by atoms with E-state index in [2.05, 4.69) is 86.3 Å². The highest BCUT2D eigenvalue weighted by molar-refractivity contribution is 6.51. The summed E-state index contributed by atoms with van der Waals surface area (Å²) in [6, 6.07) is 21.5. The van der Waals surface area contributed by atoms with Crippen LogP contribution in [0.25, 0.3) is 0 Å². The number of hydrogen-bond donors (Lipinski definition) is 0. The van der Waals surface area contributed by atoms with E-state index in [1.807, 2.05) is 0 Å². The first-order valence-corrected chi connectivity index (χ1v) is 14.4. The summed E-state index contributed by atoms with van der Waals surface area (Å²) in [7, 11) is 0. The van der Waals surface area contributed by atoms with Crippen molar-refractivity contribution in [1.82, 2.24) is 0 Å². The number of anilines is 2. The smallest absolute Gasteiger partial charge is 0.462 e. The lowest BCUT2D eigenvalue weighted by atomic mass is 10.2. The molecule has 0 aliphatic heterocycles. The molecule has 0 saturated carbocycles. The first-order valence-electron chi connectivity index (χ1n) is 12.3. The molecule has 0 saturated heterocycles. The average molecular weight is 424 g/mol. The van der Waals surface area contributed by atoms with Gasteiger partial charge in [-0.2, -0.15) is 0 Å². The minimum Gasteiger partial charge on any atom is -0.482 e. The van der Waals surface area contributed by atoms with E-state index in [0.717, 1.165) is 6.42 Å². The first kappa shape index (κ1) is 25.0. The second-order valence-corrected chi connectivity index (χ2v) is 11.0. The van der Waals surface area contributed by atoms with Gasteiger partial charge in [0.1, 0.15) is 6.23 Å². The molecule has 0 radical (unpaired) electrons. The maximum absolute atomic E-state index is 7.00. The summed E-state index contributed by atoms with van der Waals surface area (Å²) >= 11 is -1.24. The molecule has 0 fully saturated rings. The van der Waals surface area contributed by atoms with Crippen molar-refractivity contribution in [2.24, 2.45) is 0 Å². The van der Waals surface area contributed by atoms with E-state index in [1.165, 1.54) is 73.3 Å². The van der Waals surface area contributed by atoms with Crippen molar-refractivity contribution < 1.29 is 3.79 Å². The number of benzene rings is 2. The molecular formula is C27H42AlNO. The van der Waals surface area contributed by atoms with Crippen molar-refractivity contribution in [3.8, 4) is 0 Å². The SMILES string of the molecule is CCCCC[CH2][Al]([CH2]CCCCC)[O]C(CC)N(c1ccccc1)c1ccccc1. The van der Waals surface area contributed by atoms with Crippen LogP contribution in [0.2, 0.25) is 10.6 Å². The molecule has 164 valence electrons. The summed E-state index contributed by atoms with van der Waals surface area (Å²) in [5.74, 6) is 0. The van der Waals surface area contributed by atoms with Gasteiger partial charge in [0.2, 0.25) is 0 Å². The van der Waals surface area contributed by atoms with E-state index >= 15 is 0 Å². The molecule has 3 heteroatoms. The van der Waals surface area contributed by atoms with Gasteiger partial charge in [0.25, 0.3) is 0 Å². The molecule has 0 heterocycles. The quantitative estimate of drug-likeness (QED) is 0.152. The van der Waals surface area contributed by atoms with Gasteiger partial charge >= 0.3 is 14.5 Å². The third-order valence-electron chi connectivity index (χ3n) is 5.81. The highest BCUT2D eigenvalue weighted by atomic mass is 27.2. The van der Waals surface area contributed by atoms with E-state index < -0.39 is 14.5 Å². The van der Waals surface area contributed by atoms with Gasteiger partial charge in [-0.15, -0.1) is 0 Å². The third kappa shape index (κ3) is 8.85. The van der Waals surface area contributed by atoms with Crippen LogP contribution < -0.4 is 4.90 Å². The summed E-state index contributed by atoms with van der Waals surface area (Å²) in [5, 5.41) is 2.64. The highest BCUT2D eigenvalue weighted by Gasteiger charge is 2.27. The van der Waals surface area contributed by atoms with Crippen molar-refractivity contribution in [1.29, 1.82) is 0 Å². The van der Waals surface area contributed by atoms with Crippen LogP contribution in [0, 0.1) is 0 Å². The molecule has 0 aliphatic carbocycles. The second-order valence-electron chi connectivity index (χ2n) is 8.36. The van der Waals surface area contributed by atoms with Gasteiger partial charge in [0.05, 0.1) is 0 Å². The van der Waals surface area contributed by atoms with E-state index in [1.54, 1.807) is 0 Å². The molecule has 2 aromatic carbocycles. The fraction of sp³-hybridized carbons (Fsp3) is 0.556. The van der Waals surface area contributed by atoms with Crippen LogP contribution in [0.15, 0.2) is 60.7 Å². The number of hydrogen-bond acceptors (Lipinski definition) is 2. The zero-order valence-electron chi connectivity index (χ0n) is 19.6. The monoisotopic (exact) mass is 423 g/mol. The molecule has 30 heavy (non-hydrogen) atoms. The Hall–Kier alpha value is -1.27. The Morgan fingerprint density at radius 2 is 1.13 bits per heavy atom. The van der Waals surface area contributed by atoms with Crippen LogP contribution in [0.3, 0.4) is 0 Å². The largest absolute Gasteiger partial charge is 0.482 e.